The molecule has 0 heterocycles. The number of carboxylic acids is 1. The molecule has 244 valence electrons. The standard InChI is InChI=1S/C33H48N2O9/c1-22(2)19-26(43-30(40)33(7,8)21-35-31(41)44-32(4,5)6)29(39)42-25(15-12-16-27(36)34-20-28(37)38)23(3)17-18-24-13-10-9-11-14-24/h9-14,16-18,22-23,25-26H,15,19-21H2,1-8H3,(H,34,36)(H,35,41)(H,37,38)/b16-12+,18-17+/t23-,25+,26+/m1/s1. The number of rotatable bonds is 16. The van der Waals surface area contributed by atoms with E-state index in [1.165, 1.54) is 12.2 Å². The fourth-order valence-electron chi connectivity index (χ4n) is 3.67. The average Bonchev–Trinajstić information content (AvgIpc) is 2.92. The molecule has 0 aliphatic heterocycles. The lowest BCUT2D eigenvalue weighted by Crippen LogP contribution is -2.44. The first-order valence-electron chi connectivity index (χ1n) is 14.7. The van der Waals surface area contributed by atoms with Gasteiger partial charge in [-0.15, -0.1) is 0 Å². The highest BCUT2D eigenvalue weighted by Gasteiger charge is 2.36. The highest BCUT2D eigenvalue weighted by atomic mass is 16.6. The predicted molar refractivity (Wildman–Crippen MR) is 166 cm³/mol. The second kappa shape index (κ2) is 17.8. The summed E-state index contributed by atoms with van der Waals surface area (Å²) in [5.41, 5.74) is -0.937. The second-order valence-electron chi connectivity index (χ2n) is 12.6. The number of benzene rings is 1. The lowest BCUT2D eigenvalue weighted by molar-refractivity contribution is -0.178. The molecule has 1 aromatic rings. The fourth-order valence-corrected chi connectivity index (χ4v) is 3.67. The van der Waals surface area contributed by atoms with Crippen LogP contribution in [0.5, 0.6) is 0 Å². The van der Waals surface area contributed by atoms with Gasteiger partial charge in [-0.2, -0.15) is 0 Å². The molecule has 3 atom stereocenters. The first-order valence-corrected chi connectivity index (χ1v) is 14.7. The van der Waals surface area contributed by atoms with Crippen molar-refractivity contribution in [2.45, 2.75) is 86.0 Å². The number of alkyl carbamates (subject to hydrolysis) is 1. The molecule has 44 heavy (non-hydrogen) atoms. The van der Waals surface area contributed by atoms with Crippen molar-refractivity contribution in [3.63, 3.8) is 0 Å². The Morgan fingerprint density at radius 2 is 1.57 bits per heavy atom. The molecule has 1 rings (SSSR count). The van der Waals surface area contributed by atoms with E-state index in [4.69, 9.17) is 19.3 Å². The molecule has 3 N–H and O–H groups in total. The molecule has 0 aliphatic rings. The van der Waals surface area contributed by atoms with Crippen molar-refractivity contribution in [3.8, 4) is 0 Å². The van der Waals surface area contributed by atoms with Crippen LogP contribution >= 0.6 is 0 Å². The third-order valence-corrected chi connectivity index (χ3v) is 6.12. The highest BCUT2D eigenvalue weighted by Crippen LogP contribution is 2.23. The summed E-state index contributed by atoms with van der Waals surface area (Å²) in [5, 5.41) is 13.6. The zero-order valence-corrected chi connectivity index (χ0v) is 27.0. The SMILES string of the molecule is CC(C)C[C@H](OC(=O)C(C)(C)CNC(=O)OC(C)(C)C)C(=O)O[C@@H](C/C=C/C(=O)NCC(=O)O)[C@H](C)/C=C/c1ccccc1. The van der Waals surface area contributed by atoms with Crippen LogP contribution in [0.2, 0.25) is 0 Å². The van der Waals surface area contributed by atoms with Gasteiger partial charge in [0.15, 0.2) is 6.10 Å². The number of carbonyl (C=O) groups excluding carboxylic acids is 4. The number of nitrogens with one attached hydrogen (secondary N) is 2. The van der Waals surface area contributed by atoms with Gasteiger partial charge in [0.2, 0.25) is 5.91 Å². The lowest BCUT2D eigenvalue weighted by atomic mass is 9.93. The molecular weight excluding hydrogens is 568 g/mol. The summed E-state index contributed by atoms with van der Waals surface area (Å²) in [4.78, 5) is 61.4. The third-order valence-electron chi connectivity index (χ3n) is 6.12. The zero-order valence-electron chi connectivity index (χ0n) is 27.0. The zero-order chi connectivity index (χ0) is 33.5. The Bertz CT molecular complexity index is 1170. The van der Waals surface area contributed by atoms with E-state index in [9.17, 15) is 24.0 Å². The number of ether oxygens (including phenoxy) is 3. The number of hydrogen-bond acceptors (Lipinski definition) is 8. The van der Waals surface area contributed by atoms with E-state index >= 15 is 0 Å². The molecule has 0 spiro atoms. The van der Waals surface area contributed by atoms with Crippen molar-refractivity contribution >= 4 is 36.0 Å². The minimum atomic E-state index is -1.21. The number of esters is 2. The van der Waals surface area contributed by atoms with E-state index in [1.807, 2.05) is 63.3 Å². The number of hydrogen-bond donors (Lipinski definition) is 3. The highest BCUT2D eigenvalue weighted by molar-refractivity contribution is 5.89. The van der Waals surface area contributed by atoms with Crippen molar-refractivity contribution in [2.24, 2.45) is 17.3 Å². The average molecular weight is 617 g/mol. The Hall–Kier alpha value is -4.15. The molecule has 2 amide bonds. The van der Waals surface area contributed by atoms with Crippen LogP contribution in [0.25, 0.3) is 6.08 Å². The van der Waals surface area contributed by atoms with Crippen molar-refractivity contribution < 1.29 is 43.3 Å². The lowest BCUT2D eigenvalue weighted by Gasteiger charge is -2.29. The first kappa shape index (κ1) is 37.9. The van der Waals surface area contributed by atoms with Crippen LogP contribution in [0.15, 0.2) is 48.6 Å². The summed E-state index contributed by atoms with van der Waals surface area (Å²) >= 11 is 0. The first-order chi connectivity index (χ1) is 20.4. The molecule has 0 aliphatic carbocycles. The van der Waals surface area contributed by atoms with Gasteiger partial charge >= 0.3 is 24.0 Å². The minimum absolute atomic E-state index is 0.0185. The molecular formula is C33H48N2O9. The van der Waals surface area contributed by atoms with Gasteiger partial charge in [0.25, 0.3) is 0 Å². The molecule has 1 aromatic carbocycles. The smallest absolute Gasteiger partial charge is 0.407 e. The van der Waals surface area contributed by atoms with Gasteiger partial charge in [-0.05, 0) is 58.6 Å². The van der Waals surface area contributed by atoms with E-state index in [1.54, 1.807) is 34.6 Å². The fraction of sp³-hybridized carbons (Fsp3) is 0.545. The monoisotopic (exact) mass is 616 g/mol. The molecule has 11 nitrogen and oxygen atoms in total. The van der Waals surface area contributed by atoms with Gasteiger partial charge in [-0.1, -0.05) is 69.3 Å². The molecule has 0 fully saturated rings. The Balaban J connectivity index is 3.08. The van der Waals surface area contributed by atoms with Crippen LogP contribution in [-0.2, 0) is 33.4 Å². The van der Waals surface area contributed by atoms with Crippen LogP contribution in [0.1, 0.15) is 73.8 Å². The molecule has 0 saturated heterocycles. The van der Waals surface area contributed by atoms with Crippen molar-refractivity contribution in [2.75, 3.05) is 13.1 Å². The summed E-state index contributed by atoms with van der Waals surface area (Å²) in [7, 11) is 0. The van der Waals surface area contributed by atoms with Gasteiger partial charge < -0.3 is 30.0 Å². The van der Waals surface area contributed by atoms with Gasteiger partial charge in [-0.3, -0.25) is 14.4 Å². The third kappa shape index (κ3) is 15.9. The second-order valence-corrected chi connectivity index (χ2v) is 12.6. The topological polar surface area (TPSA) is 157 Å². The molecule has 0 saturated carbocycles. The maximum atomic E-state index is 13.4. The number of carboxylic acid groups (broad SMARTS) is 1. The van der Waals surface area contributed by atoms with Gasteiger partial charge in [0.1, 0.15) is 18.2 Å². The van der Waals surface area contributed by atoms with Crippen LogP contribution in [0, 0.1) is 17.3 Å². The Labute approximate surface area is 260 Å². The minimum Gasteiger partial charge on any atom is -0.480 e. The summed E-state index contributed by atoms with van der Waals surface area (Å²) in [5.74, 6) is -3.53. The number of carbonyl (C=O) groups is 5. The Morgan fingerprint density at radius 3 is 2.14 bits per heavy atom. The van der Waals surface area contributed by atoms with Crippen molar-refractivity contribution in [3.05, 3.63) is 54.1 Å². The molecule has 11 heteroatoms. The van der Waals surface area contributed by atoms with Crippen LogP contribution in [0.3, 0.4) is 0 Å². The Kier molecular flexibility index (Phi) is 15.4. The van der Waals surface area contributed by atoms with E-state index in [2.05, 4.69) is 10.6 Å². The molecule has 0 aromatic heterocycles. The Morgan fingerprint density at radius 1 is 0.932 bits per heavy atom. The van der Waals surface area contributed by atoms with Crippen LogP contribution in [-0.4, -0.2) is 65.9 Å². The maximum absolute atomic E-state index is 13.4. The van der Waals surface area contributed by atoms with Crippen molar-refractivity contribution in [1.29, 1.82) is 0 Å². The van der Waals surface area contributed by atoms with Gasteiger partial charge in [0.05, 0.1) is 5.41 Å². The van der Waals surface area contributed by atoms with E-state index in [0.717, 1.165) is 5.56 Å². The van der Waals surface area contributed by atoms with E-state index < -0.39 is 59.7 Å². The molecule has 0 bridgehead atoms. The van der Waals surface area contributed by atoms with Crippen LogP contribution in [0.4, 0.5) is 4.79 Å². The summed E-state index contributed by atoms with van der Waals surface area (Å²) in [6, 6.07) is 9.55. The largest absolute Gasteiger partial charge is 0.480 e. The number of aliphatic carboxylic acids is 1. The molecule has 0 unspecified atom stereocenters. The quantitative estimate of drug-likeness (QED) is 0.133. The normalized spacial score (nSPS) is 14.1. The molecule has 0 radical (unpaired) electrons. The number of amides is 2. The van der Waals surface area contributed by atoms with Gasteiger partial charge in [0, 0.05) is 18.9 Å². The summed E-state index contributed by atoms with van der Waals surface area (Å²) < 4.78 is 16.8. The maximum Gasteiger partial charge on any atom is 0.407 e. The van der Waals surface area contributed by atoms with Crippen molar-refractivity contribution in [1.82, 2.24) is 10.6 Å². The summed E-state index contributed by atoms with van der Waals surface area (Å²) in [6.45, 7) is 13.4. The summed E-state index contributed by atoms with van der Waals surface area (Å²) in [6.07, 6.45) is 4.16. The van der Waals surface area contributed by atoms with Crippen LogP contribution < -0.4 is 10.6 Å². The van der Waals surface area contributed by atoms with E-state index in [0.29, 0.717) is 0 Å². The predicted octanol–water partition coefficient (Wildman–Crippen LogP) is 4.90. The van der Waals surface area contributed by atoms with Gasteiger partial charge in [-0.25, -0.2) is 9.59 Å². The van der Waals surface area contributed by atoms with E-state index in [-0.39, 0.29) is 31.2 Å².